The van der Waals surface area contributed by atoms with E-state index in [1.54, 1.807) is 13.2 Å². The van der Waals surface area contributed by atoms with Crippen LogP contribution in [0.4, 0.5) is 0 Å². The predicted molar refractivity (Wildman–Crippen MR) is 91.4 cm³/mol. The van der Waals surface area contributed by atoms with E-state index < -0.39 is 0 Å². The van der Waals surface area contributed by atoms with E-state index >= 15 is 0 Å². The number of benzene rings is 2. The van der Waals surface area contributed by atoms with Crippen molar-refractivity contribution in [1.82, 2.24) is 4.98 Å². The molecule has 2 aromatic carbocycles. The fraction of sp³-hybridized carbons (Fsp3) is 0.0526. The molecule has 1 aromatic heterocycles. The third-order valence-electron chi connectivity index (χ3n) is 3.54. The zero-order chi connectivity index (χ0) is 16.2. The largest absolute Gasteiger partial charge is 0.497 e. The van der Waals surface area contributed by atoms with Crippen molar-refractivity contribution in [3.63, 3.8) is 0 Å². The first-order chi connectivity index (χ1) is 11.2. The highest BCUT2D eigenvalue weighted by atomic mass is 35.5. The van der Waals surface area contributed by atoms with Gasteiger partial charge in [-0.05, 0) is 35.9 Å². The molecule has 0 fully saturated rings. The van der Waals surface area contributed by atoms with Gasteiger partial charge in [-0.25, -0.2) is 4.98 Å². The van der Waals surface area contributed by atoms with Gasteiger partial charge in [-0.1, -0.05) is 41.9 Å². The first kappa shape index (κ1) is 15.1. The Morgan fingerprint density at radius 3 is 2.30 bits per heavy atom. The van der Waals surface area contributed by atoms with Gasteiger partial charge in [0.2, 0.25) is 0 Å². The maximum absolute atomic E-state index is 9.23. The SMILES string of the molecule is COc1ccc(-c2nc(Cl)c(C#N)cc2-c2ccccc2)cc1. The summed E-state index contributed by atoms with van der Waals surface area (Å²) >= 11 is 6.14. The Morgan fingerprint density at radius 2 is 1.70 bits per heavy atom. The highest BCUT2D eigenvalue weighted by Crippen LogP contribution is 2.34. The van der Waals surface area contributed by atoms with Crippen LogP contribution in [0.25, 0.3) is 22.4 Å². The summed E-state index contributed by atoms with van der Waals surface area (Å²) in [6.45, 7) is 0. The third kappa shape index (κ3) is 3.03. The summed E-state index contributed by atoms with van der Waals surface area (Å²) in [5, 5.41) is 9.44. The Balaban J connectivity index is 2.22. The van der Waals surface area contributed by atoms with Crippen LogP contribution < -0.4 is 4.74 Å². The summed E-state index contributed by atoms with van der Waals surface area (Å²) in [4.78, 5) is 4.45. The van der Waals surface area contributed by atoms with Crippen molar-refractivity contribution in [2.45, 2.75) is 0 Å². The van der Waals surface area contributed by atoms with E-state index in [-0.39, 0.29) is 5.15 Å². The number of pyridine rings is 1. The van der Waals surface area contributed by atoms with Crippen LogP contribution in [0, 0.1) is 11.3 Å². The standard InChI is InChI=1S/C19H13ClN2O/c1-23-16-9-7-14(8-10-16)18-17(13-5-3-2-4-6-13)11-15(12-21)19(20)22-18/h2-11H,1H3. The second-order valence-electron chi connectivity index (χ2n) is 4.93. The van der Waals surface area contributed by atoms with Crippen LogP contribution in [0.5, 0.6) is 5.75 Å². The molecule has 0 atom stereocenters. The lowest BCUT2D eigenvalue weighted by Gasteiger charge is -2.11. The minimum absolute atomic E-state index is 0.206. The second kappa shape index (κ2) is 6.51. The molecule has 1 heterocycles. The molecule has 3 nitrogen and oxygen atoms in total. The van der Waals surface area contributed by atoms with Gasteiger partial charge in [-0.15, -0.1) is 0 Å². The monoisotopic (exact) mass is 320 g/mol. The van der Waals surface area contributed by atoms with Gasteiger partial charge in [0.05, 0.1) is 18.4 Å². The van der Waals surface area contributed by atoms with Crippen LogP contribution >= 0.6 is 11.6 Å². The van der Waals surface area contributed by atoms with Gasteiger partial charge in [0, 0.05) is 11.1 Å². The Labute approximate surface area is 139 Å². The fourth-order valence-electron chi connectivity index (χ4n) is 2.38. The molecule has 0 saturated carbocycles. The molecule has 3 rings (SSSR count). The molecule has 0 aliphatic heterocycles. The molecule has 0 spiro atoms. The van der Waals surface area contributed by atoms with Crippen molar-refractivity contribution in [1.29, 1.82) is 5.26 Å². The normalized spacial score (nSPS) is 10.1. The Bertz CT molecular complexity index is 868. The molecule has 0 amide bonds. The average molecular weight is 321 g/mol. The van der Waals surface area contributed by atoms with Gasteiger partial charge < -0.3 is 4.74 Å². The smallest absolute Gasteiger partial charge is 0.147 e. The highest BCUT2D eigenvalue weighted by molar-refractivity contribution is 6.30. The number of halogens is 1. The quantitative estimate of drug-likeness (QED) is 0.641. The van der Waals surface area contributed by atoms with Crippen LogP contribution in [0.3, 0.4) is 0 Å². The molecule has 0 aliphatic rings. The van der Waals surface area contributed by atoms with E-state index in [9.17, 15) is 5.26 Å². The molecule has 0 aliphatic carbocycles. The minimum atomic E-state index is 0.206. The van der Waals surface area contributed by atoms with Crippen molar-refractivity contribution in [2.24, 2.45) is 0 Å². The zero-order valence-corrected chi connectivity index (χ0v) is 13.2. The van der Waals surface area contributed by atoms with Crippen molar-refractivity contribution in [3.05, 3.63) is 71.4 Å². The topological polar surface area (TPSA) is 45.9 Å². The molecule has 0 N–H and O–H groups in total. The molecular weight excluding hydrogens is 308 g/mol. The van der Waals surface area contributed by atoms with E-state index in [2.05, 4.69) is 11.1 Å². The van der Waals surface area contributed by atoms with Crippen molar-refractivity contribution >= 4 is 11.6 Å². The summed E-state index contributed by atoms with van der Waals surface area (Å²) in [5.74, 6) is 0.773. The Morgan fingerprint density at radius 1 is 1.00 bits per heavy atom. The fourth-order valence-corrected chi connectivity index (χ4v) is 2.56. The van der Waals surface area contributed by atoms with Crippen LogP contribution in [0.2, 0.25) is 5.15 Å². The second-order valence-corrected chi connectivity index (χ2v) is 5.29. The number of nitrogens with zero attached hydrogens (tertiary/aromatic N) is 2. The number of nitriles is 1. The number of hydrogen-bond acceptors (Lipinski definition) is 3. The third-order valence-corrected chi connectivity index (χ3v) is 3.83. The minimum Gasteiger partial charge on any atom is -0.497 e. The lowest BCUT2D eigenvalue weighted by molar-refractivity contribution is 0.415. The van der Waals surface area contributed by atoms with E-state index in [0.29, 0.717) is 5.56 Å². The zero-order valence-electron chi connectivity index (χ0n) is 12.5. The van der Waals surface area contributed by atoms with Crippen molar-refractivity contribution in [3.8, 4) is 34.2 Å². The van der Waals surface area contributed by atoms with Gasteiger partial charge in [0.15, 0.2) is 0 Å². The van der Waals surface area contributed by atoms with Crippen molar-refractivity contribution < 1.29 is 4.74 Å². The number of aromatic nitrogens is 1. The van der Waals surface area contributed by atoms with Gasteiger partial charge in [0.25, 0.3) is 0 Å². The first-order valence-electron chi connectivity index (χ1n) is 7.03. The molecule has 0 bridgehead atoms. The summed E-state index contributed by atoms with van der Waals surface area (Å²) in [5.41, 5.74) is 3.87. The molecule has 4 heteroatoms. The maximum atomic E-state index is 9.23. The van der Waals surface area contributed by atoms with Gasteiger partial charge in [-0.2, -0.15) is 5.26 Å². The summed E-state index contributed by atoms with van der Waals surface area (Å²) in [6, 6.07) is 21.3. The molecule has 3 aromatic rings. The van der Waals surface area contributed by atoms with Gasteiger partial charge >= 0.3 is 0 Å². The van der Waals surface area contributed by atoms with Gasteiger partial charge in [-0.3, -0.25) is 0 Å². The molecule has 0 unspecified atom stereocenters. The van der Waals surface area contributed by atoms with Crippen LogP contribution in [-0.4, -0.2) is 12.1 Å². The lowest BCUT2D eigenvalue weighted by atomic mass is 9.98. The first-order valence-corrected chi connectivity index (χ1v) is 7.41. The number of ether oxygens (including phenoxy) is 1. The highest BCUT2D eigenvalue weighted by Gasteiger charge is 2.14. The van der Waals surface area contributed by atoms with Crippen LogP contribution in [0.15, 0.2) is 60.7 Å². The predicted octanol–water partition coefficient (Wildman–Crippen LogP) is 4.95. The molecule has 23 heavy (non-hydrogen) atoms. The van der Waals surface area contributed by atoms with Gasteiger partial charge in [0.1, 0.15) is 17.0 Å². The Hall–Kier alpha value is -2.83. The maximum Gasteiger partial charge on any atom is 0.147 e. The molecule has 0 radical (unpaired) electrons. The average Bonchev–Trinajstić information content (AvgIpc) is 2.62. The van der Waals surface area contributed by atoms with Crippen molar-refractivity contribution in [2.75, 3.05) is 7.11 Å². The van der Waals surface area contributed by atoms with E-state index in [1.165, 1.54) is 0 Å². The van der Waals surface area contributed by atoms with Crippen LogP contribution in [0.1, 0.15) is 5.56 Å². The lowest BCUT2D eigenvalue weighted by Crippen LogP contribution is -1.93. The molecule has 112 valence electrons. The number of methoxy groups -OCH3 is 1. The van der Waals surface area contributed by atoms with E-state index in [0.717, 1.165) is 28.1 Å². The van der Waals surface area contributed by atoms with E-state index in [1.807, 2.05) is 54.6 Å². The van der Waals surface area contributed by atoms with Crippen LogP contribution in [-0.2, 0) is 0 Å². The Kier molecular flexibility index (Phi) is 4.27. The summed E-state index contributed by atoms with van der Waals surface area (Å²) in [7, 11) is 1.63. The summed E-state index contributed by atoms with van der Waals surface area (Å²) in [6.07, 6.45) is 0. The molecule has 0 saturated heterocycles. The summed E-state index contributed by atoms with van der Waals surface area (Å²) < 4.78 is 5.19. The number of hydrogen-bond donors (Lipinski definition) is 0. The number of rotatable bonds is 3. The molecular formula is C19H13ClN2O. The van der Waals surface area contributed by atoms with E-state index in [4.69, 9.17) is 16.3 Å².